The Labute approximate surface area is 155 Å². The van der Waals surface area contributed by atoms with Crippen LogP contribution >= 0.6 is 0 Å². The summed E-state index contributed by atoms with van der Waals surface area (Å²) in [4.78, 5) is 12.3. The lowest BCUT2D eigenvalue weighted by Gasteiger charge is -2.33. The number of ether oxygens (including phenoxy) is 2. The molecule has 0 aliphatic heterocycles. The van der Waals surface area contributed by atoms with Gasteiger partial charge in [0.15, 0.2) is 5.78 Å². The van der Waals surface area contributed by atoms with Gasteiger partial charge in [0.25, 0.3) is 0 Å². The molecule has 2 unspecified atom stereocenters. The first-order valence-electron chi connectivity index (χ1n) is 8.85. The molecule has 1 aliphatic rings. The van der Waals surface area contributed by atoms with Crippen LogP contribution in [0.15, 0.2) is 78.6 Å². The predicted octanol–water partition coefficient (Wildman–Crippen LogP) is 4.20. The highest BCUT2D eigenvalue weighted by Gasteiger charge is 2.35. The highest BCUT2D eigenvalue weighted by molar-refractivity contribution is 6.04. The molecule has 2 rings (SSSR count). The summed E-state index contributed by atoms with van der Waals surface area (Å²) in [6.45, 7) is 8.25. The minimum Gasteiger partial charge on any atom is -0.497 e. The Bertz CT molecular complexity index is 715. The van der Waals surface area contributed by atoms with Crippen molar-refractivity contribution in [2.24, 2.45) is 5.92 Å². The monoisotopic (exact) mass is 354 g/mol. The van der Waals surface area contributed by atoms with E-state index in [1.165, 1.54) is 0 Å². The van der Waals surface area contributed by atoms with Crippen LogP contribution in [0, 0.1) is 5.92 Å². The van der Waals surface area contributed by atoms with Crippen molar-refractivity contribution in [1.29, 1.82) is 0 Å². The first kappa shape index (κ1) is 19.9. The van der Waals surface area contributed by atoms with E-state index >= 15 is 0 Å². The lowest BCUT2D eigenvalue weighted by atomic mass is 9.88. The molecule has 0 spiro atoms. The van der Waals surface area contributed by atoms with Crippen molar-refractivity contribution in [1.82, 2.24) is 0 Å². The van der Waals surface area contributed by atoms with Crippen LogP contribution in [0.3, 0.4) is 0 Å². The van der Waals surface area contributed by atoms with Gasteiger partial charge >= 0.3 is 0 Å². The van der Waals surface area contributed by atoms with Gasteiger partial charge in [-0.05, 0) is 31.9 Å². The van der Waals surface area contributed by atoms with Crippen molar-refractivity contribution in [3.63, 3.8) is 0 Å². The van der Waals surface area contributed by atoms with Gasteiger partial charge in [0, 0.05) is 18.2 Å². The number of carbonyl (C=O) groups is 1. The molecule has 4 nitrogen and oxygen atoms in total. The second-order valence-corrected chi connectivity index (χ2v) is 5.91. The smallest absolute Gasteiger partial charge is 0.212 e. The average molecular weight is 354 g/mol. The number of allylic oxidation sites excluding steroid dienone is 3. The molecule has 0 amide bonds. The van der Waals surface area contributed by atoms with Crippen molar-refractivity contribution in [2.75, 3.05) is 13.2 Å². The molecule has 0 saturated carbocycles. The van der Waals surface area contributed by atoms with E-state index in [1.54, 1.807) is 36.4 Å². The Morgan fingerprint density at radius 3 is 2.62 bits per heavy atom. The summed E-state index contributed by atoms with van der Waals surface area (Å²) in [7, 11) is 0. The largest absolute Gasteiger partial charge is 0.497 e. The molecule has 2 atom stereocenters. The Morgan fingerprint density at radius 2 is 2.00 bits per heavy atom. The highest BCUT2D eigenvalue weighted by atomic mass is 16.6. The van der Waals surface area contributed by atoms with E-state index in [9.17, 15) is 9.90 Å². The maximum absolute atomic E-state index is 12.3. The second-order valence-electron chi connectivity index (χ2n) is 5.91. The summed E-state index contributed by atoms with van der Waals surface area (Å²) in [5.41, 5.74) is 1.31. The van der Waals surface area contributed by atoms with Gasteiger partial charge in [-0.25, -0.2) is 0 Å². The van der Waals surface area contributed by atoms with Crippen molar-refractivity contribution in [3.05, 3.63) is 84.2 Å². The van der Waals surface area contributed by atoms with Crippen LogP contribution in [-0.2, 0) is 9.47 Å². The molecule has 26 heavy (non-hydrogen) atoms. The van der Waals surface area contributed by atoms with E-state index in [2.05, 4.69) is 6.58 Å². The number of rotatable bonds is 9. The van der Waals surface area contributed by atoms with Gasteiger partial charge in [0.2, 0.25) is 5.79 Å². The fraction of sp³-hybridized carbons (Fsp3) is 0.318. The Kier molecular flexibility index (Phi) is 7.13. The summed E-state index contributed by atoms with van der Waals surface area (Å²) in [6, 6.07) is 9.09. The minimum atomic E-state index is -1.51. The minimum absolute atomic E-state index is 0.0780. The molecule has 0 aromatic heterocycles. The van der Waals surface area contributed by atoms with E-state index in [-0.39, 0.29) is 11.7 Å². The number of aliphatic hydroxyl groups is 1. The maximum atomic E-state index is 12.3. The third-order valence-corrected chi connectivity index (χ3v) is 4.06. The molecule has 1 aromatic carbocycles. The summed E-state index contributed by atoms with van der Waals surface area (Å²) in [5, 5.41) is 10.8. The molecule has 0 saturated heterocycles. The van der Waals surface area contributed by atoms with Crippen LogP contribution in [0.4, 0.5) is 0 Å². The van der Waals surface area contributed by atoms with E-state index in [0.29, 0.717) is 36.5 Å². The standard InChI is InChI=1S/C22H26O4/c1-4-10-19-15-18(13-14-20(23)17-11-8-7-9-12-17)21(25-5-2)16-22(19,24)26-6-3/h4,7-9,11-16,18,24H,1,5-6,10H2,2-3H3/b14-13+. The Morgan fingerprint density at radius 1 is 1.27 bits per heavy atom. The quantitative estimate of drug-likeness (QED) is 0.312. The van der Waals surface area contributed by atoms with E-state index in [1.807, 2.05) is 38.1 Å². The number of benzene rings is 1. The SMILES string of the molecule is C=CCC1=CC(/C=C/C(=O)c2ccccc2)C(OCC)=CC1(O)OCC. The van der Waals surface area contributed by atoms with Crippen molar-refractivity contribution < 1.29 is 19.4 Å². The zero-order valence-corrected chi connectivity index (χ0v) is 15.4. The summed E-state index contributed by atoms with van der Waals surface area (Å²) in [5.74, 6) is -1.28. The highest BCUT2D eigenvalue weighted by Crippen LogP contribution is 2.35. The summed E-state index contributed by atoms with van der Waals surface area (Å²) < 4.78 is 11.2. The van der Waals surface area contributed by atoms with Gasteiger partial charge in [0.1, 0.15) is 5.76 Å². The molecule has 138 valence electrons. The number of hydrogen-bond donors (Lipinski definition) is 1. The zero-order chi connectivity index (χ0) is 19.0. The number of ketones is 1. The van der Waals surface area contributed by atoms with Crippen LogP contribution in [0.2, 0.25) is 0 Å². The fourth-order valence-corrected chi connectivity index (χ4v) is 2.87. The van der Waals surface area contributed by atoms with Crippen LogP contribution in [0.25, 0.3) is 0 Å². The molecule has 0 bridgehead atoms. The molecule has 0 fully saturated rings. The Balaban J connectivity index is 2.30. The first-order chi connectivity index (χ1) is 12.5. The van der Waals surface area contributed by atoms with E-state index in [0.717, 1.165) is 0 Å². The lowest BCUT2D eigenvalue weighted by molar-refractivity contribution is -0.139. The number of carbonyl (C=O) groups excluding carboxylic acids is 1. The molecule has 0 radical (unpaired) electrons. The molecule has 1 aromatic rings. The first-order valence-corrected chi connectivity index (χ1v) is 8.85. The average Bonchev–Trinajstić information content (AvgIpc) is 2.64. The Hall–Kier alpha value is -2.43. The second kappa shape index (κ2) is 9.32. The lowest BCUT2D eigenvalue weighted by Crippen LogP contribution is -2.36. The van der Waals surface area contributed by atoms with Gasteiger partial charge in [-0.15, -0.1) is 6.58 Å². The van der Waals surface area contributed by atoms with Gasteiger partial charge in [-0.2, -0.15) is 0 Å². The van der Waals surface area contributed by atoms with E-state index < -0.39 is 5.79 Å². The van der Waals surface area contributed by atoms with Gasteiger partial charge in [-0.1, -0.05) is 48.6 Å². The normalized spacial score (nSPS) is 22.7. The topological polar surface area (TPSA) is 55.8 Å². The van der Waals surface area contributed by atoms with E-state index in [4.69, 9.17) is 9.47 Å². The van der Waals surface area contributed by atoms with Crippen LogP contribution in [0.1, 0.15) is 30.6 Å². The summed E-state index contributed by atoms with van der Waals surface area (Å²) in [6.07, 6.45) is 8.97. The predicted molar refractivity (Wildman–Crippen MR) is 103 cm³/mol. The third kappa shape index (κ3) is 4.81. The third-order valence-electron chi connectivity index (χ3n) is 4.06. The molecule has 1 aliphatic carbocycles. The molecule has 0 heterocycles. The summed E-state index contributed by atoms with van der Waals surface area (Å²) >= 11 is 0. The molecular formula is C22H26O4. The van der Waals surface area contributed by atoms with Crippen LogP contribution in [0.5, 0.6) is 0 Å². The molecule has 4 heteroatoms. The van der Waals surface area contributed by atoms with Gasteiger partial charge < -0.3 is 14.6 Å². The van der Waals surface area contributed by atoms with Crippen molar-refractivity contribution in [2.45, 2.75) is 26.1 Å². The van der Waals surface area contributed by atoms with Gasteiger partial charge in [0.05, 0.1) is 12.5 Å². The van der Waals surface area contributed by atoms with Crippen molar-refractivity contribution >= 4 is 5.78 Å². The zero-order valence-electron chi connectivity index (χ0n) is 15.4. The maximum Gasteiger partial charge on any atom is 0.212 e. The van der Waals surface area contributed by atoms with Gasteiger partial charge in [-0.3, -0.25) is 4.79 Å². The van der Waals surface area contributed by atoms with Crippen LogP contribution < -0.4 is 0 Å². The fourth-order valence-electron chi connectivity index (χ4n) is 2.87. The van der Waals surface area contributed by atoms with Crippen molar-refractivity contribution in [3.8, 4) is 0 Å². The molecular weight excluding hydrogens is 328 g/mol. The molecule has 1 N–H and O–H groups in total. The van der Waals surface area contributed by atoms with Crippen LogP contribution in [-0.4, -0.2) is 29.9 Å². The number of hydrogen-bond acceptors (Lipinski definition) is 4.